The van der Waals surface area contributed by atoms with Crippen LogP contribution in [0.1, 0.15) is 6.92 Å². The van der Waals surface area contributed by atoms with Crippen LogP contribution in [0, 0.1) is 0 Å². The van der Waals surface area contributed by atoms with Crippen LogP contribution in [-0.4, -0.2) is 62.8 Å². The third-order valence-corrected chi connectivity index (χ3v) is 5.77. The Bertz CT molecular complexity index is 633. The van der Waals surface area contributed by atoms with E-state index in [1.807, 2.05) is 6.92 Å². The fraction of sp³-hybridized carbons (Fsp3) is 0.500. The van der Waals surface area contributed by atoms with E-state index < -0.39 is 10.0 Å². The average molecular weight is 346 g/mol. The van der Waals surface area contributed by atoms with Crippen molar-refractivity contribution in [3.8, 4) is 0 Å². The molecule has 22 heavy (non-hydrogen) atoms. The highest BCUT2D eigenvalue weighted by molar-refractivity contribution is 7.89. The Morgan fingerprint density at radius 2 is 2.05 bits per heavy atom. The Kier molecular flexibility index (Phi) is 5.44. The van der Waals surface area contributed by atoms with Crippen molar-refractivity contribution in [3.63, 3.8) is 0 Å². The Morgan fingerprint density at radius 3 is 2.64 bits per heavy atom. The van der Waals surface area contributed by atoms with Crippen LogP contribution in [0.15, 0.2) is 29.2 Å². The van der Waals surface area contributed by atoms with E-state index in [1.165, 1.54) is 31.3 Å². The largest absolute Gasteiger partial charge is 0.336 e. The van der Waals surface area contributed by atoms with Crippen LogP contribution in [0.25, 0.3) is 0 Å². The summed E-state index contributed by atoms with van der Waals surface area (Å²) in [6, 6.07) is 5.97. The fourth-order valence-corrected chi connectivity index (χ4v) is 3.61. The summed E-state index contributed by atoms with van der Waals surface area (Å²) in [6.07, 6.45) is 0. The summed E-state index contributed by atoms with van der Waals surface area (Å²) in [5.41, 5.74) is 0. The number of nitrogens with zero attached hydrogens (tertiary/aromatic N) is 2. The van der Waals surface area contributed by atoms with Crippen molar-refractivity contribution in [2.75, 3.05) is 33.2 Å². The van der Waals surface area contributed by atoms with Crippen LogP contribution in [-0.2, 0) is 14.8 Å². The Labute approximate surface area is 136 Å². The number of sulfonamides is 1. The van der Waals surface area contributed by atoms with Crippen LogP contribution in [0.4, 0.5) is 0 Å². The topological polar surface area (TPSA) is 69.7 Å². The molecule has 1 atom stereocenters. The van der Waals surface area contributed by atoms with Gasteiger partial charge in [-0.05, 0) is 31.2 Å². The summed E-state index contributed by atoms with van der Waals surface area (Å²) in [7, 11) is -2.28. The number of carbonyl (C=O) groups excluding carboxylic acids is 1. The minimum Gasteiger partial charge on any atom is -0.336 e. The van der Waals surface area contributed by atoms with Gasteiger partial charge in [-0.1, -0.05) is 11.6 Å². The first-order valence-corrected chi connectivity index (χ1v) is 8.86. The SMILES string of the molecule is C[C@H]1CNCCN1C(=O)CN(C)S(=O)(=O)c1ccc(Cl)cc1. The first-order chi connectivity index (χ1) is 10.3. The molecule has 0 saturated carbocycles. The Balaban J connectivity index is 2.08. The molecule has 1 amide bonds. The average Bonchev–Trinajstić information content (AvgIpc) is 2.48. The number of hydrogen-bond donors (Lipinski definition) is 1. The standard InChI is InChI=1S/C14H20ClN3O3S/c1-11-9-16-7-8-18(11)14(19)10-17(2)22(20,21)13-5-3-12(15)4-6-13/h3-6,11,16H,7-10H2,1-2H3/t11-/m0/s1. The zero-order valence-corrected chi connectivity index (χ0v) is 14.2. The molecule has 6 nitrogen and oxygen atoms in total. The molecular weight excluding hydrogens is 326 g/mol. The zero-order chi connectivity index (χ0) is 16.3. The van der Waals surface area contributed by atoms with Crippen LogP contribution in [0.3, 0.4) is 0 Å². The summed E-state index contributed by atoms with van der Waals surface area (Å²) in [5, 5.41) is 3.66. The number of rotatable bonds is 4. The molecule has 0 aromatic heterocycles. The third-order valence-electron chi connectivity index (χ3n) is 3.70. The summed E-state index contributed by atoms with van der Waals surface area (Å²) < 4.78 is 26.0. The molecule has 1 fully saturated rings. The van der Waals surface area contributed by atoms with Gasteiger partial charge < -0.3 is 10.2 Å². The second-order valence-corrected chi connectivity index (χ2v) is 7.84. The highest BCUT2D eigenvalue weighted by Crippen LogP contribution is 2.17. The minimum absolute atomic E-state index is 0.0629. The molecule has 0 radical (unpaired) electrons. The number of nitrogens with one attached hydrogen (secondary N) is 1. The molecule has 0 spiro atoms. The monoisotopic (exact) mass is 345 g/mol. The van der Waals surface area contributed by atoms with Crippen molar-refractivity contribution < 1.29 is 13.2 Å². The number of hydrogen-bond acceptors (Lipinski definition) is 4. The highest BCUT2D eigenvalue weighted by Gasteiger charge is 2.28. The molecule has 1 heterocycles. The smallest absolute Gasteiger partial charge is 0.243 e. The first kappa shape index (κ1) is 17.2. The zero-order valence-electron chi connectivity index (χ0n) is 12.6. The summed E-state index contributed by atoms with van der Waals surface area (Å²) in [4.78, 5) is 14.2. The van der Waals surface area contributed by atoms with Gasteiger partial charge in [0.2, 0.25) is 15.9 Å². The van der Waals surface area contributed by atoms with Crippen LogP contribution in [0.5, 0.6) is 0 Å². The van der Waals surface area contributed by atoms with E-state index in [1.54, 1.807) is 4.90 Å². The van der Waals surface area contributed by atoms with Crippen LogP contribution < -0.4 is 5.32 Å². The summed E-state index contributed by atoms with van der Waals surface area (Å²) >= 11 is 5.77. The molecule has 0 bridgehead atoms. The van der Waals surface area contributed by atoms with E-state index in [-0.39, 0.29) is 23.4 Å². The highest BCUT2D eigenvalue weighted by atomic mass is 35.5. The summed E-state index contributed by atoms with van der Waals surface area (Å²) in [6.45, 7) is 3.81. The number of piperazine rings is 1. The van der Waals surface area contributed by atoms with Gasteiger partial charge in [0, 0.05) is 37.7 Å². The van der Waals surface area contributed by atoms with E-state index in [9.17, 15) is 13.2 Å². The maximum atomic E-state index is 12.4. The van der Waals surface area contributed by atoms with Gasteiger partial charge in [0.05, 0.1) is 11.4 Å². The van der Waals surface area contributed by atoms with Gasteiger partial charge >= 0.3 is 0 Å². The molecule has 1 aromatic carbocycles. The van der Waals surface area contributed by atoms with Gasteiger partial charge in [0.15, 0.2) is 0 Å². The van der Waals surface area contributed by atoms with E-state index >= 15 is 0 Å². The number of benzene rings is 1. The van der Waals surface area contributed by atoms with Gasteiger partial charge in [0.25, 0.3) is 0 Å². The van der Waals surface area contributed by atoms with Gasteiger partial charge in [-0.25, -0.2) is 8.42 Å². The maximum Gasteiger partial charge on any atom is 0.243 e. The molecule has 0 aliphatic carbocycles. The van der Waals surface area contributed by atoms with Crippen LogP contribution in [0.2, 0.25) is 5.02 Å². The Hall–Kier alpha value is -1.15. The van der Waals surface area contributed by atoms with Crippen molar-refractivity contribution in [2.24, 2.45) is 0 Å². The van der Waals surface area contributed by atoms with E-state index in [0.717, 1.165) is 17.4 Å². The molecule has 1 aliphatic heterocycles. The molecule has 1 saturated heterocycles. The second-order valence-electron chi connectivity index (χ2n) is 5.36. The lowest BCUT2D eigenvalue weighted by molar-refractivity contribution is -0.133. The van der Waals surface area contributed by atoms with E-state index in [2.05, 4.69) is 5.32 Å². The molecule has 122 valence electrons. The minimum atomic E-state index is -3.70. The predicted molar refractivity (Wildman–Crippen MR) is 85.3 cm³/mol. The summed E-state index contributed by atoms with van der Waals surface area (Å²) in [5.74, 6) is -0.186. The quantitative estimate of drug-likeness (QED) is 0.875. The van der Waals surface area contributed by atoms with Gasteiger partial charge in [-0.2, -0.15) is 4.31 Å². The number of halogens is 1. The molecular formula is C14H20ClN3O3S. The van der Waals surface area contributed by atoms with Gasteiger partial charge in [0.1, 0.15) is 0 Å². The van der Waals surface area contributed by atoms with Crippen molar-refractivity contribution in [3.05, 3.63) is 29.3 Å². The van der Waals surface area contributed by atoms with Crippen molar-refractivity contribution in [1.29, 1.82) is 0 Å². The first-order valence-electron chi connectivity index (χ1n) is 7.04. The maximum absolute atomic E-state index is 12.4. The molecule has 8 heteroatoms. The van der Waals surface area contributed by atoms with E-state index in [4.69, 9.17) is 11.6 Å². The van der Waals surface area contributed by atoms with Gasteiger partial charge in [-0.15, -0.1) is 0 Å². The van der Waals surface area contributed by atoms with Gasteiger partial charge in [-0.3, -0.25) is 4.79 Å². The molecule has 0 unspecified atom stereocenters. The lowest BCUT2D eigenvalue weighted by Gasteiger charge is -2.34. The molecule has 1 N–H and O–H groups in total. The Morgan fingerprint density at radius 1 is 1.41 bits per heavy atom. The second kappa shape index (κ2) is 6.95. The molecule has 1 aliphatic rings. The molecule has 2 rings (SSSR count). The molecule has 1 aromatic rings. The number of carbonyl (C=O) groups is 1. The van der Waals surface area contributed by atoms with Crippen molar-refractivity contribution >= 4 is 27.5 Å². The third kappa shape index (κ3) is 3.78. The normalized spacial score (nSPS) is 19.5. The fourth-order valence-electron chi connectivity index (χ4n) is 2.36. The lowest BCUT2D eigenvalue weighted by Crippen LogP contribution is -2.54. The van der Waals surface area contributed by atoms with Crippen LogP contribution >= 0.6 is 11.6 Å². The van der Waals surface area contributed by atoms with E-state index in [0.29, 0.717) is 11.6 Å². The lowest BCUT2D eigenvalue weighted by atomic mass is 10.2. The number of amides is 1. The van der Waals surface area contributed by atoms with Crippen molar-refractivity contribution in [2.45, 2.75) is 17.9 Å². The number of likely N-dealkylation sites (N-methyl/N-ethyl adjacent to an activating group) is 1. The van der Waals surface area contributed by atoms with Crippen molar-refractivity contribution in [1.82, 2.24) is 14.5 Å². The predicted octanol–water partition coefficient (Wildman–Crippen LogP) is 0.781.